The van der Waals surface area contributed by atoms with Crippen LogP contribution in [0.4, 0.5) is 5.69 Å². The zero-order valence-electron chi connectivity index (χ0n) is 13.8. The number of methoxy groups -OCH3 is 2. The van der Waals surface area contributed by atoms with Gasteiger partial charge >= 0.3 is 0 Å². The highest BCUT2D eigenvalue weighted by atomic mass is 16.5. The van der Waals surface area contributed by atoms with Gasteiger partial charge in [0.15, 0.2) is 5.65 Å². The lowest BCUT2D eigenvalue weighted by atomic mass is 10.2. The fraction of sp³-hybridized carbons (Fsp3) is 0.176. The molecule has 2 aromatic heterocycles. The summed E-state index contributed by atoms with van der Waals surface area (Å²) in [7, 11) is 3.20. The molecule has 0 spiro atoms. The lowest BCUT2D eigenvalue weighted by Gasteiger charge is -2.05. The number of hydrogen-bond acceptors (Lipinski definition) is 7. The molecular weight excluding hydrogens is 320 g/mol. The monoisotopic (exact) mass is 336 g/mol. The van der Waals surface area contributed by atoms with E-state index < -0.39 is 0 Å². The molecule has 0 saturated heterocycles. The van der Waals surface area contributed by atoms with E-state index in [1.165, 1.54) is 6.33 Å². The van der Waals surface area contributed by atoms with Gasteiger partial charge in [-0.3, -0.25) is 4.57 Å². The summed E-state index contributed by atoms with van der Waals surface area (Å²) >= 11 is 0. The minimum atomic E-state index is 0.322. The van der Waals surface area contributed by atoms with Gasteiger partial charge in [-0.15, -0.1) is 0 Å². The van der Waals surface area contributed by atoms with Crippen molar-refractivity contribution in [3.63, 3.8) is 0 Å². The number of nitriles is 1. The Kier molecular flexibility index (Phi) is 4.87. The molecule has 126 valence electrons. The summed E-state index contributed by atoms with van der Waals surface area (Å²) in [4.78, 5) is 12.7. The molecule has 2 heterocycles. The minimum absolute atomic E-state index is 0.322. The maximum atomic E-state index is 9.51. The second-order valence-electron chi connectivity index (χ2n) is 5.07. The van der Waals surface area contributed by atoms with Gasteiger partial charge in [0.1, 0.15) is 36.1 Å². The first-order valence-electron chi connectivity index (χ1n) is 7.43. The molecule has 3 aromatic rings. The highest BCUT2D eigenvalue weighted by Crippen LogP contribution is 2.21. The van der Waals surface area contributed by atoms with Crippen LogP contribution in [0, 0.1) is 11.3 Å². The first-order chi connectivity index (χ1) is 12.3. The summed E-state index contributed by atoms with van der Waals surface area (Å²) in [5.74, 6) is 0.760. The van der Waals surface area contributed by atoms with Gasteiger partial charge in [0, 0.05) is 19.0 Å². The topological polar surface area (TPSA) is 97.9 Å². The Bertz CT molecular complexity index is 940. The molecule has 0 aliphatic heterocycles. The highest BCUT2D eigenvalue weighted by molar-refractivity contribution is 5.90. The van der Waals surface area contributed by atoms with Crippen LogP contribution in [-0.2, 0) is 11.5 Å². The summed E-state index contributed by atoms with van der Waals surface area (Å²) in [6.45, 7) is 0.322. The number of imidazole rings is 1. The second kappa shape index (κ2) is 7.42. The number of rotatable bonds is 6. The van der Waals surface area contributed by atoms with Crippen molar-refractivity contribution in [1.82, 2.24) is 19.5 Å². The number of ether oxygens (including phenoxy) is 2. The maximum Gasteiger partial charge on any atom is 0.165 e. The van der Waals surface area contributed by atoms with E-state index in [-0.39, 0.29) is 0 Å². The van der Waals surface area contributed by atoms with E-state index in [0.29, 0.717) is 29.2 Å². The van der Waals surface area contributed by atoms with Gasteiger partial charge in [-0.2, -0.15) is 5.26 Å². The molecule has 0 aliphatic carbocycles. The molecule has 0 aliphatic rings. The van der Waals surface area contributed by atoms with Crippen molar-refractivity contribution < 1.29 is 9.47 Å². The second-order valence-corrected chi connectivity index (χ2v) is 5.07. The number of hydrogen-bond donors (Lipinski definition) is 1. The van der Waals surface area contributed by atoms with Crippen LogP contribution in [-0.4, -0.2) is 33.7 Å². The van der Waals surface area contributed by atoms with Gasteiger partial charge in [0.25, 0.3) is 0 Å². The van der Waals surface area contributed by atoms with E-state index in [1.54, 1.807) is 31.3 Å². The molecule has 0 bridgehead atoms. The lowest BCUT2D eigenvalue weighted by molar-refractivity contribution is 0.134. The standard InChI is InChI=1S/C17H16N6O2/c1-24-11-23-10-22-16-15(20-9-21-17(16)23)12(7-18)8-19-13-3-5-14(25-2)6-4-13/h3-6,8-10,19H,11H2,1-2H3/b12-8+. The number of fused-ring (bicyclic) bond motifs is 1. The lowest BCUT2D eigenvalue weighted by Crippen LogP contribution is -2.00. The molecule has 1 N–H and O–H groups in total. The van der Waals surface area contributed by atoms with Gasteiger partial charge in [-0.25, -0.2) is 15.0 Å². The number of aromatic nitrogens is 4. The Morgan fingerprint density at radius 1 is 1.24 bits per heavy atom. The summed E-state index contributed by atoms with van der Waals surface area (Å²) in [5, 5.41) is 12.6. The van der Waals surface area contributed by atoms with Crippen molar-refractivity contribution in [2.75, 3.05) is 19.5 Å². The maximum absolute atomic E-state index is 9.51. The Hall–Kier alpha value is -3.44. The van der Waals surface area contributed by atoms with E-state index in [4.69, 9.17) is 9.47 Å². The highest BCUT2D eigenvalue weighted by Gasteiger charge is 2.13. The summed E-state index contributed by atoms with van der Waals surface area (Å²) in [5.41, 5.74) is 2.79. The van der Waals surface area contributed by atoms with Crippen LogP contribution in [0.5, 0.6) is 5.75 Å². The Balaban J connectivity index is 1.92. The molecule has 0 atom stereocenters. The number of nitrogens with one attached hydrogen (secondary N) is 1. The number of nitrogens with zero attached hydrogens (tertiary/aromatic N) is 5. The SMILES string of the molecule is COCn1cnc2c(/C(C#N)=C/Nc3ccc(OC)cc3)ncnc21. The van der Waals surface area contributed by atoms with Gasteiger partial charge in [-0.05, 0) is 24.3 Å². The van der Waals surface area contributed by atoms with E-state index >= 15 is 0 Å². The molecule has 0 fully saturated rings. The molecule has 25 heavy (non-hydrogen) atoms. The van der Waals surface area contributed by atoms with Gasteiger partial charge in [0.2, 0.25) is 0 Å². The van der Waals surface area contributed by atoms with Crippen molar-refractivity contribution >= 4 is 22.4 Å². The molecule has 8 nitrogen and oxygen atoms in total. The zero-order valence-corrected chi connectivity index (χ0v) is 13.8. The number of benzene rings is 1. The van der Waals surface area contributed by atoms with Crippen LogP contribution in [0.25, 0.3) is 16.7 Å². The van der Waals surface area contributed by atoms with E-state index in [9.17, 15) is 5.26 Å². The normalized spacial score (nSPS) is 11.3. The molecule has 0 unspecified atom stereocenters. The van der Waals surface area contributed by atoms with Gasteiger partial charge in [-0.1, -0.05) is 0 Å². The first-order valence-corrected chi connectivity index (χ1v) is 7.43. The van der Waals surface area contributed by atoms with Crippen molar-refractivity contribution in [1.29, 1.82) is 5.26 Å². The first kappa shape index (κ1) is 16.4. The molecule has 0 radical (unpaired) electrons. The Morgan fingerprint density at radius 3 is 2.72 bits per heavy atom. The number of anilines is 1. The predicted molar refractivity (Wildman–Crippen MR) is 92.5 cm³/mol. The third-order valence-electron chi connectivity index (χ3n) is 3.52. The molecule has 8 heteroatoms. The quantitative estimate of drug-likeness (QED) is 0.690. The van der Waals surface area contributed by atoms with Crippen molar-refractivity contribution in [2.45, 2.75) is 6.73 Å². The summed E-state index contributed by atoms with van der Waals surface area (Å²) in [6, 6.07) is 9.52. The largest absolute Gasteiger partial charge is 0.497 e. The zero-order chi connectivity index (χ0) is 17.6. The fourth-order valence-corrected chi connectivity index (χ4v) is 2.31. The fourth-order valence-electron chi connectivity index (χ4n) is 2.31. The van der Waals surface area contributed by atoms with Gasteiger partial charge < -0.3 is 14.8 Å². The van der Waals surface area contributed by atoms with Gasteiger partial charge in [0.05, 0.1) is 19.0 Å². The van der Waals surface area contributed by atoms with Crippen LogP contribution in [0.3, 0.4) is 0 Å². The smallest absolute Gasteiger partial charge is 0.165 e. The predicted octanol–water partition coefficient (Wildman–Crippen LogP) is 2.42. The molecule has 0 saturated carbocycles. The van der Waals surface area contributed by atoms with E-state index in [1.807, 2.05) is 24.3 Å². The molecule has 0 amide bonds. The van der Waals surface area contributed by atoms with E-state index in [0.717, 1.165) is 11.4 Å². The third-order valence-corrected chi connectivity index (χ3v) is 3.52. The van der Waals surface area contributed by atoms with Crippen LogP contribution in [0.2, 0.25) is 0 Å². The summed E-state index contributed by atoms with van der Waals surface area (Å²) < 4.78 is 12.0. The molecule has 3 rings (SSSR count). The molecule has 1 aromatic carbocycles. The summed E-state index contributed by atoms with van der Waals surface area (Å²) in [6.07, 6.45) is 4.61. The van der Waals surface area contributed by atoms with Crippen molar-refractivity contribution in [2.24, 2.45) is 0 Å². The Morgan fingerprint density at radius 2 is 2.04 bits per heavy atom. The van der Waals surface area contributed by atoms with E-state index in [2.05, 4.69) is 26.3 Å². The van der Waals surface area contributed by atoms with Crippen LogP contribution >= 0.6 is 0 Å². The average molecular weight is 336 g/mol. The Labute approximate surface area is 144 Å². The van der Waals surface area contributed by atoms with Crippen molar-refractivity contribution in [3.8, 4) is 11.8 Å². The average Bonchev–Trinajstić information content (AvgIpc) is 3.07. The van der Waals surface area contributed by atoms with Crippen LogP contribution in [0.15, 0.2) is 43.1 Å². The number of allylic oxidation sites excluding steroid dienone is 1. The third kappa shape index (κ3) is 3.41. The molecular formula is C17H16N6O2. The van der Waals surface area contributed by atoms with Crippen molar-refractivity contribution in [3.05, 3.63) is 48.8 Å². The van der Waals surface area contributed by atoms with Crippen LogP contribution < -0.4 is 10.1 Å². The minimum Gasteiger partial charge on any atom is -0.497 e. The van der Waals surface area contributed by atoms with Crippen LogP contribution in [0.1, 0.15) is 5.69 Å².